The van der Waals surface area contributed by atoms with Crippen LogP contribution in [0.4, 0.5) is 0 Å². The molecule has 0 bridgehead atoms. The molecule has 88 valence electrons. The van der Waals surface area contributed by atoms with Crippen molar-refractivity contribution in [3.8, 4) is 11.1 Å². The highest BCUT2D eigenvalue weighted by atomic mass is 79.9. The van der Waals surface area contributed by atoms with Crippen LogP contribution in [-0.2, 0) is 0 Å². The molecular weight excluding hydrogens is 316 g/mol. The summed E-state index contributed by atoms with van der Waals surface area (Å²) in [6, 6.07) is 14.2. The quantitative estimate of drug-likeness (QED) is 0.634. The van der Waals surface area contributed by atoms with Crippen molar-refractivity contribution in [2.24, 2.45) is 0 Å². The first kappa shape index (κ1) is 13.0. The van der Waals surface area contributed by atoms with Crippen molar-refractivity contribution >= 4 is 39.3 Å². The Balaban J connectivity index is 2.54. The van der Waals surface area contributed by atoms with E-state index in [2.05, 4.69) is 47.1 Å². The van der Waals surface area contributed by atoms with Gasteiger partial charge < -0.3 is 0 Å². The summed E-state index contributed by atoms with van der Waals surface area (Å²) in [5.74, 6) is 1.05. The summed E-state index contributed by atoms with van der Waals surface area (Å²) < 4.78 is 1.14. The summed E-state index contributed by atoms with van der Waals surface area (Å²) in [7, 11) is 0. The molecule has 0 N–H and O–H groups in total. The van der Waals surface area contributed by atoms with Gasteiger partial charge in [-0.1, -0.05) is 42.8 Å². The van der Waals surface area contributed by atoms with Crippen molar-refractivity contribution in [1.82, 2.24) is 0 Å². The molecule has 0 saturated carbocycles. The molecule has 0 aromatic heterocycles. The molecule has 2 aromatic rings. The molecule has 0 aliphatic heterocycles. The van der Waals surface area contributed by atoms with Crippen LogP contribution < -0.4 is 0 Å². The van der Waals surface area contributed by atoms with E-state index in [-0.39, 0.29) is 0 Å². The first-order valence-corrected chi connectivity index (χ1v) is 7.55. The molecule has 0 fully saturated rings. The van der Waals surface area contributed by atoms with E-state index < -0.39 is 0 Å². The van der Waals surface area contributed by atoms with Gasteiger partial charge in [-0.2, -0.15) is 0 Å². The van der Waals surface area contributed by atoms with Gasteiger partial charge in [0.05, 0.1) is 0 Å². The maximum Gasteiger partial charge on any atom is 0.0412 e. The normalized spacial score (nSPS) is 10.5. The fourth-order valence-electron chi connectivity index (χ4n) is 1.68. The van der Waals surface area contributed by atoms with E-state index in [9.17, 15) is 0 Å². The number of thioether (sulfide) groups is 1. The minimum absolute atomic E-state index is 0.773. The highest BCUT2D eigenvalue weighted by Gasteiger charge is 2.08. The number of benzene rings is 2. The Kier molecular flexibility index (Phi) is 4.55. The van der Waals surface area contributed by atoms with Crippen LogP contribution in [0.5, 0.6) is 0 Å². The SMILES string of the molecule is CCSc1c(Br)cccc1-c1cccc(Cl)c1. The fraction of sp³-hybridized carbons (Fsp3) is 0.143. The molecule has 2 rings (SSSR count). The Bertz CT molecular complexity index is 525. The molecular formula is C14H12BrClS. The lowest BCUT2D eigenvalue weighted by Gasteiger charge is -2.10. The van der Waals surface area contributed by atoms with Crippen molar-refractivity contribution in [2.45, 2.75) is 11.8 Å². The summed E-state index contributed by atoms with van der Waals surface area (Å²) in [6.45, 7) is 2.16. The summed E-state index contributed by atoms with van der Waals surface area (Å²) in [6.07, 6.45) is 0. The van der Waals surface area contributed by atoms with Gasteiger partial charge in [0, 0.05) is 14.4 Å². The van der Waals surface area contributed by atoms with E-state index in [1.165, 1.54) is 10.5 Å². The molecule has 0 nitrogen and oxygen atoms in total. The maximum atomic E-state index is 6.05. The highest BCUT2D eigenvalue weighted by Crippen LogP contribution is 2.37. The average Bonchev–Trinajstić information content (AvgIpc) is 2.32. The zero-order valence-electron chi connectivity index (χ0n) is 9.41. The van der Waals surface area contributed by atoms with E-state index in [1.807, 2.05) is 30.0 Å². The lowest BCUT2D eigenvalue weighted by molar-refractivity contribution is 1.38. The zero-order chi connectivity index (χ0) is 12.3. The second-order valence-corrected chi connectivity index (χ2v) is 6.12. The summed E-state index contributed by atoms with van der Waals surface area (Å²) in [5, 5.41) is 0.773. The maximum absolute atomic E-state index is 6.05. The Morgan fingerprint density at radius 1 is 1.18 bits per heavy atom. The third kappa shape index (κ3) is 3.06. The molecule has 17 heavy (non-hydrogen) atoms. The molecule has 0 heterocycles. The average molecular weight is 328 g/mol. The van der Waals surface area contributed by atoms with E-state index in [0.29, 0.717) is 0 Å². The van der Waals surface area contributed by atoms with Crippen molar-refractivity contribution < 1.29 is 0 Å². The Labute approximate surface area is 120 Å². The van der Waals surface area contributed by atoms with Crippen LogP contribution in [0, 0.1) is 0 Å². The first-order valence-electron chi connectivity index (χ1n) is 5.39. The van der Waals surface area contributed by atoms with Crippen LogP contribution in [0.1, 0.15) is 6.92 Å². The Morgan fingerprint density at radius 2 is 1.94 bits per heavy atom. The third-order valence-corrected chi connectivity index (χ3v) is 4.57. The predicted octanol–water partition coefficient (Wildman–Crippen LogP) is 5.88. The van der Waals surface area contributed by atoms with Crippen LogP contribution in [0.25, 0.3) is 11.1 Å². The standard InChI is InChI=1S/C14H12BrClS/c1-2-17-14-12(7-4-8-13(14)15)10-5-3-6-11(16)9-10/h3-9H,2H2,1H3. The molecule has 0 atom stereocenters. The van der Waals surface area contributed by atoms with Crippen molar-refractivity contribution in [2.75, 3.05) is 5.75 Å². The minimum Gasteiger partial charge on any atom is -0.125 e. The fourth-order valence-corrected chi connectivity index (χ4v) is 3.42. The topological polar surface area (TPSA) is 0 Å². The summed E-state index contributed by atoms with van der Waals surface area (Å²) >= 11 is 11.5. The zero-order valence-corrected chi connectivity index (χ0v) is 12.6. The molecule has 0 saturated heterocycles. The Hall–Kier alpha value is -0.440. The van der Waals surface area contributed by atoms with Crippen LogP contribution in [0.3, 0.4) is 0 Å². The number of rotatable bonds is 3. The summed E-state index contributed by atoms with van der Waals surface area (Å²) in [4.78, 5) is 1.28. The van der Waals surface area contributed by atoms with E-state index in [1.54, 1.807) is 0 Å². The van der Waals surface area contributed by atoms with E-state index in [0.717, 1.165) is 20.8 Å². The molecule has 0 unspecified atom stereocenters. The van der Waals surface area contributed by atoms with Crippen molar-refractivity contribution in [3.05, 3.63) is 52.0 Å². The van der Waals surface area contributed by atoms with E-state index in [4.69, 9.17) is 11.6 Å². The molecule has 0 spiro atoms. The number of hydrogen-bond donors (Lipinski definition) is 0. The van der Waals surface area contributed by atoms with Crippen LogP contribution in [0.15, 0.2) is 51.8 Å². The van der Waals surface area contributed by atoms with E-state index >= 15 is 0 Å². The highest BCUT2D eigenvalue weighted by molar-refractivity contribution is 9.10. The largest absolute Gasteiger partial charge is 0.125 e. The molecule has 2 aromatic carbocycles. The monoisotopic (exact) mass is 326 g/mol. The summed E-state index contributed by atoms with van der Waals surface area (Å²) in [5.41, 5.74) is 2.39. The lowest BCUT2D eigenvalue weighted by Crippen LogP contribution is -1.84. The van der Waals surface area contributed by atoms with Gasteiger partial charge in [-0.15, -0.1) is 11.8 Å². The van der Waals surface area contributed by atoms with Gasteiger partial charge in [0.2, 0.25) is 0 Å². The molecule has 0 radical (unpaired) electrons. The number of hydrogen-bond acceptors (Lipinski definition) is 1. The van der Waals surface area contributed by atoms with Gasteiger partial charge in [-0.25, -0.2) is 0 Å². The third-order valence-electron chi connectivity index (χ3n) is 2.39. The van der Waals surface area contributed by atoms with Gasteiger partial charge in [0.1, 0.15) is 0 Å². The molecule has 0 aliphatic rings. The van der Waals surface area contributed by atoms with Crippen LogP contribution in [0.2, 0.25) is 5.02 Å². The molecule has 0 aliphatic carbocycles. The minimum atomic E-state index is 0.773. The van der Waals surface area contributed by atoms with Gasteiger partial charge in [-0.05, 0) is 51.0 Å². The lowest BCUT2D eigenvalue weighted by atomic mass is 10.1. The number of halogens is 2. The second-order valence-electron chi connectivity index (χ2n) is 3.56. The smallest absolute Gasteiger partial charge is 0.0412 e. The molecule has 3 heteroatoms. The van der Waals surface area contributed by atoms with Crippen molar-refractivity contribution in [1.29, 1.82) is 0 Å². The van der Waals surface area contributed by atoms with Crippen molar-refractivity contribution in [3.63, 3.8) is 0 Å². The first-order chi connectivity index (χ1) is 8.22. The van der Waals surface area contributed by atoms with Crippen LogP contribution in [-0.4, -0.2) is 5.75 Å². The van der Waals surface area contributed by atoms with Crippen LogP contribution >= 0.6 is 39.3 Å². The van der Waals surface area contributed by atoms with Gasteiger partial charge in [0.25, 0.3) is 0 Å². The molecule has 0 amide bonds. The second kappa shape index (κ2) is 5.94. The van der Waals surface area contributed by atoms with Gasteiger partial charge in [-0.3, -0.25) is 0 Å². The Morgan fingerprint density at radius 3 is 2.65 bits per heavy atom. The van der Waals surface area contributed by atoms with Gasteiger partial charge >= 0.3 is 0 Å². The van der Waals surface area contributed by atoms with Gasteiger partial charge in [0.15, 0.2) is 0 Å². The predicted molar refractivity (Wildman–Crippen MR) is 81.0 cm³/mol.